The highest BCUT2D eigenvalue weighted by atomic mass is 32.1. The van der Waals surface area contributed by atoms with Gasteiger partial charge in [0.15, 0.2) is 11.7 Å². The van der Waals surface area contributed by atoms with Crippen molar-refractivity contribution in [3.05, 3.63) is 39.7 Å². The Morgan fingerprint density at radius 2 is 2.19 bits per heavy atom. The molecular formula is C13H17N5O2S. The molecule has 4 N–H and O–H groups in total. The molecule has 1 amide bonds. The Kier molecular flexibility index (Phi) is 4.94. The van der Waals surface area contributed by atoms with Crippen molar-refractivity contribution in [2.24, 2.45) is 10.7 Å². The van der Waals surface area contributed by atoms with Gasteiger partial charge in [0.25, 0.3) is 5.91 Å². The van der Waals surface area contributed by atoms with Gasteiger partial charge in [0.1, 0.15) is 10.8 Å². The Bertz CT molecular complexity index is 647. The van der Waals surface area contributed by atoms with E-state index in [2.05, 4.69) is 20.6 Å². The quantitative estimate of drug-likeness (QED) is 0.564. The number of amides is 1. The van der Waals surface area contributed by atoms with E-state index in [9.17, 15) is 4.79 Å². The van der Waals surface area contributed by atoms with Crippen LogP contribution in [0.4, 0.5) is 0 Å². The number of furan rings is 1. The van der Waals surface area contributed by atoms with Gasteiger partial charge in [-0.15, -0.1) is 11.3 Å². The summed E-state index contributed by atoms with van der Waals surface area (Å²) in [6.07, 6.45) is 0. The molecule has 0 unspecified atom stereocenters. The van der Waals surface area contributed by atoms with Crippen molar-refractivity contribution in [3.63, 3.8) is 0 Å². The number of aromatic nitrogens is 1. The molecule has 21 heavy (non-hydrogen) atoms. The Balaban J connectivity index is 1.83. The van der Waals surface area contributed by atoms with Gasteiger partial charge in [-0.2, -0.15) is 0 Å². The first-order valence-corrected chi connectivity index (χ1v) is 7.20. The third-order valence-corrected chi connectivity index (χ3v) is 3.60. The molecule has 2 aromatic rings. The number of guanidine groups is 1. The van der Waals surface area contributed by atoms with Gasteiger partial charge in [0, 0.05) is 18.1 Å². The molecule has 0 atom stereocenters. The maximum Gasteiger partial charge on any atom is 0.284 e. The normalized spacial score (nSPS) is 11.4. The van der Waals surface area contributed by atoms with Crippen LogP contribution in [0.1, 0.15) is 27.0 Å². The summed E-state index contributed by atoms with van der Waals surface area (Å²) in [6, 6.07) is 3.25. The van der Waals surface area contributed by atoms with Gasteiger partial charge >= 0.3 is 0 Å². The number of aryl methyl sites for hydroxylation is 1. The average Bonchev–Trinajstić information content (AvgIpc) is 3.08. The fraction of sp³-hybridized carbons (Fsp3) is 0.308. The number of hydrogen-bond acceptors (Lipinski definition) is 5. The molecule has 0 saturated heterocycles. The topological polar surface area (TPSA) is 106 Å². The van der Waals surface area contributed by atoms with E-state index in [1.165, 1.54) is 0 Å². The van der Waals surface area contributed by atoms with Crippen LogP contribution in [-0.2, 0) is 13.1 Å². The van der Waals surface area contributed by atoms with E-state index in [1.807, 2.05) is 12.3 Å². The second kappa shape index (κ2) is 6.89. The van der Waals surface area contributed by atoms with Crippen LogP contribution in [0.5, 0.6) is 0 Å². The Morgan fingerprint density at radius 3 is 2.76 bits per heavy atom. The highest BCUT2D eigenvalue weighted by Crippen LogP contribution is 2.08. The molecule has 0 aliphatic carbocycles. The lowest BCUT2D eigenvalue weighted by Crippen LogP contribution is -2.36. The van der Waals surface area contributed by atoms with E-state index in [4.69, 9.17) is 10.2 Å². The SMILES string of the molecule is CN=C(NCc1ccc(C(N)=O)o1)NCc1nc(C)cs1. The van der Waals surface area contributed by atoms with E-state index in [0.717, 1.165) is 10.7 Å². The highest BCUT2D eigenvalue weighted by molar-refractivity contribution is 7.09. The van der Waals surface area contributed by atoms with E-state index in [1.54, 1.807) is 30.5 Å². The number of rotatable bonds is 5. The first-order chi connectivity index (χ1) is 10.1. The van der Waals surface area contributed by atoms with Gasteiger partial charge in [0.2, 0.25) is 0 Å². The van der Waals surface area contributed by atoms with Crippen LogP contribution in [0.3, 0.4) is 0 Å². The Labute approximate surface area is 126 Å². The summed E-state index contributed by atoms with van der Waals surface area (Å²) in [7, 11) is 1.68. The van der Waals surface area contributed by atoms with Gasteiger partial charge in [-0.05, 0) is 19.1 Å². The standard InChI is InChI=1S/C13H17N5O2S/c1-8-7-21-11(18-8)6-17-13(15-2)16-5-9-3-4-10(20-9)12(14)19/h3-4,7H,5-6H2,1-2H3,(H2,14,19)(H2,15,16,17). The molecule has 7 nitrogen and oxygen atoms in total. The first-order valence-electron chi connectivity index (χ1n) is 6.32. The van der Waals surface area contributed by atoms with Crippen molar-refractivity contribution < 1.29 is 9.21 Å². The zero-order chi connectivity index (χ0) is 15.2. The van der Waals surface area contributed by atoms with Crippen LogP contribution >= 0.6 is 11.3 Å². The maximum atomic E-state index is 10.9. The summed E-state index contributed by atoms with van der Waals surface area (Å²) >= 11 is 1.60. The van der Waals surface area contributed by atoms with Gasteiger partial charge in [-0.25, -0.2) is 4.98 Å². The molecule has 112 valence electrons. The number of carbonyl (C=O) groups is 1. The molecule has 2 heterocycles. The van der Waals surface area contributed by atoms with Crippen LogP contribution in [0, 0.1) is 6.92 Å². The number of nitrogens with one attached hydrogen (secondary N) is 2. The van der Waals surface area contributed by atoms with Crippen LogP contribution in [-0.4, -0.2) is 23.9 Å². The fourth-order valence-electron chi connectivity index (χ4n) is 1.64. The van der Waals surface area contributed by atoms with Gasteiger partial charge < -0.3 is 20.8 Å². The van der Waals surface area contributed by atoms with Crippen LogP contribution in [0.25, 0.3) is 0 Å². The Hall–Kier alpha value is -2.35. The van der Waals surface area contributed by atoms with Crippen molar-refractivity contribution in [2.75, 3.05) is 7.05 Å². The minimum atomic E-state index is -0.581. The van der Waals surface area contributed by atoms with E-state index in [-0.39, 0.29) is 5.76 Å². The number of carbonyl (C=O) groups excluding carboxylic acids is 1. The van der Waals surface area contributed by atoms with Crippen molar-refractivity contribution in [1.29, 1.82) is 0 Å². The summed E-state index contributed by atoms with van der Waals surface area (Å²) in [6.45, 7) is 2.97. The summed E-state index contributed by atoms with van der Waals surface area (Å²) in [5.41, 5.74) is 6.14. The minimum Gasteiger partial charge on any atom is -0.454 e. The summed E-state index contributed by atoms with van der Waals surface area (Å²) < 4.78 is 5.28. The molecule has 2 aromatic heterocycles. The van der Waals surface area contributed by atoms with Gasteiger partial charge in [-0.1, -0.05) is 0 Å². The van der Waals surface area contributed by atoms with Crippen molar-refractivity contribution in [3.8, 4) is 0 Å². The summed E-state index contributed by atoms with van der Waals surface area (Å²) in [5.74, 6) is 0.799. The minimum absolute atomic E-state index is 0.146. The van der Waals surface area contributed by atoms with E-state index < -0.39 is 5.91 Å². The molecule has 8 heteroatoms. The van der Waals surface area contributed by atoms with Crippen molar-refractivity contribution in [1.82, 2.24) is 15.6 Å². The maximum absolute atomic E-state index is 10.9. The monoisotopic (exact) mass is 307 g/mol. The lowest BCUT2D eigenvalue weighted by atomic mass is 10.4. The zero-order valence-electron chi connectivity index (χ0n) is 11.8. The van der Waals surface area contributed by atoms with E-state index in [0.29, 0.717) is 24.8 Å². The lowest BCUT2D eigenvalue weighted by molar-refractivity contribution is 0.0972. The van der Waals surface area contributed by atoms with Crippen molar-refractivity contribution >= 4 is 23.2 Å². The zero-order valence-corrected chi connectivity index (χ0v) is 12.7. The summed E-state index contributed by atoms with van der Waals surface area (Å²) in [4.78, 5) is 19.4. The Morgan fingerprint density at radius 1 is 1.43 bits per heavy atom. The van der Waals surface area contributed by atoms with Gasteiger partial charge in [-0.3, -0.25) is 9.79 Å². The number of nitrogens with zero attached hydrogens (tertiary/aromatic N) is 2. The molecule has 0 radical (unpaired) electrons. The van der Waals surface area contributed by atoms with Crippen molar-refractivity contribution in [2.45, 2.75) is 20.0 Å². The molecule has 0 bridgehead atoms. The number of nitrogens with two attached hydrogens (primary N) is 1. The largest absolute Gasteiger partial charge is 0.454 e. The molecule has 2 rings (SSSR count). The molecule has 0 saturated carbocycles. The van der Waals surface area contributed by atoms with Crippen LogP contribution in [0.2, 0.25) is 0 Å². The van der Waals surface area contributed by atoms with Crippen LogP contribution < -0.4 is 16.4 Å². The predicted octanol–water partition coefficient (Wildman–Crippen LogP) is 1.01. The predicted molar refractivity (Wildman–Crippen MR) is 81.1 cm³/mol. The van der Waals surface area contributed by atoms with Crippen LogP contribution in [0.15, 0.2) is 26.9 Å². The lowest BCUT2D eigenvalue weighted by Gasteiger charge is -2.09. The fourth-order valence-corrected chi connectivity index (χ4v) is 2.35. The molecule has 0 aromatic carbocycles. The van der Waals surface area contributed by atoms with E-state index >= 15 is 0 Å². The third kappa shape index (κ3) is 4.32. The first kappa shape index (κ1) is 15.0. The number of thiazole rings is 1. The summed E-state index contributed by atoms with van der Waals surface area (Å²) in [5, 5.41) is 9.23. The third-order valence-electron chi connectivity index (χ3n) is 2.63. The molecule has 0 aliphatic rings. The highest BCUT2D eigenvalue weighted by Gasteiger charge is 2.07. The number of hydrogen-bond donors (Lipinski definition) is 3. The molecule has 0 aliphatic heterocycles. The molecule has 0 spiro atoms. The second-order valence-corrected chi connectivity index (χ2v) is 5.23. The number of aliphatic imine (C=N–C) groups is 1. The second-order valence-electron chi connectivity index (χ2n) is 4.29. The number of primary amides is 1. The van der Waals surface area contributed by atoms with Gasteiger partial charge in [0.05, 0.1) is 13.1 Å². The molecular weight excluding hydrogens is 290 g/mol. The smallest absolute Gasteiger partial charge is 0.284 e. The average molecular weight is 307 g/mol. The molecule has 0 fully saturated rings.